The first-order chi connectivity index (χ1) is 9.38. The lowest BCUT2D eigenvalue weighted by atomic mass is 10.3. The molecule has 0 saturated heterocycles. The van der Waals surface area contributed by atoms with Crippen LogP contribution in [-0.4, -0.2) is 11.1 Å². The van der Waals surface area contributed by atoms with E-state index in [0.29, 0.717) is 17.1 Å². The van der Waals surface area contributed by atoms with E-state index in [0.717, 1.165) is 13.4 Å². The number of hydrogen-bond donors (Lipinski definition) is 1. The predicted octanol–water partition coefficient (Wildman–Crippen LogP) is 5.15. The molecular formula is C13H9Br3O4. The number of rotatable bonds is 4. The van der Waals surface area contributed by atoms with Crippen molar-refractivity contribution in [2.24, 2.45) is 0 Å². The average Bonchev–Trinajstić information content (AvgIpc) is 2.69. The SMILES string of the molecule is Cc1cc(COc2c(Br)cc(Br)cc2Br)oc1C(=O)O. The van der Waals surface area contributed by atoms with E-state index in [4.69, 9.17) is 14.3 Å². The summed E-state index contributed by atoms with van der Waals surface area (Å²) in [5.74, 6) is -0.0574. The smallest absolute Gasteiger partial charge is 0.372 e. The first-order valence-corrected chi connectivity index (χ1v) is 7.86. The van der Waals surface area contributed by atoms with Crippen LogP contribution < -0.4 is 4.74 Å². The lowest BCUT2D eigenvalue weighted by Crippen LogP contribution is -1.97. The van der Waals surface area contributed by atoms with Crippen LogP contribution in [0.2, 0.25) is 0 Å². The summed E-state index contributed by atoms with van der Waals surface area (Å²) in [6, 6.07) is 5.37. The third-order valence-corrected chi connectivity index (χ3v) is 4.12. The van der Waals surface area contributed by atoms with Gasteiger partial charge in [-0.2, -0.15) is 0 Å². The van der Waals surface area contributed by atoms with Crippen LogP contribution in [0, 0.1) is 6.92 Å². The molecule has 0 aliphatic carbocycles. The van der Waals surface area contributed by atoms with Crippen molar-refractivity contribution < 1.29 is 19.1 Å². The number of carbonyl (C=O) groups is 1. The summed E-state index contributed by atoms with van der Waals surface area (Å²) >= 11 is 10.2. The number of benzene rings is 1. The van der Waals surface area contributed by atoms with Gasteiger partial charge in [-0.1, -0.05) is 15.9 Å². The number of carboxylic acid groups (broad SMARTS) is 1. The molecule has 0 spiro atoms. The van der Waals surface area contributed by atoms with Crippen LogP contribution >= 0.6 is 47.8 Å². The van der Waals surface area contributed by atoms with Gasteiger partial charge in [-0.05, 0) is 57.0 Å². The third-order valence-electron chi connectivity index (χ3n) is 2.48. The van der Waals surface area contributed by atoms with Gasteiger partial charge in [0.2, 0.25) is 5.76 Å². The second kappa shape index (κ2) is 6.32. The minimum Gasteiger partial charge on any atom is -0.483 e. The van der Waals surface area contributed by atoms with E-state index in [-0.39, 0.29) is 12.4 Å². The zero-order valence-corrected chi connectivity index (χ0v) is 15.0. The highest BCUT2D eigenvalue weighted by Crippen LogP contribution is 2.37. The zero-order chi connectivity index (χ0) is 14.9. The fourth-order valence-electron chi connectivity index (χ4n) is 1.64. The lowest BCUT2D eigenvalue weighted by Gasteiger charge is -2.09. The molecule has 0 aliphatic rings. The molecule has 0 bridgehead atoms. The van der Waals surface area contributed by atoms with Crippen molar-refractivity contribution in [3.63, 3.8) is 0 Å². The molecule has 1 N–H and O–H groups in total. The van der Waals surface area contributed by atoms with E-state index in [9.17, 15) is 4.79 Å². The van der Waals surface area contributed by atoms with Crippen LogP contribution in [0.25, 0.3) is 0 Å². The molecule has 1 heterocycles. The molecule has 0 unspecified atom stereocenters. The summed E-state index contributed by atoms with van der Waals surface area (Å²) in [6.45, 7) is 1.83. The van der Waals surface area contributed by atoms with Crippen LogP contribution in [0.1, 0.15) is 21.9 Å². The molecular weight excluding hydrogens is 460 g/mol. The molecule has 0 fully saturated rings. The van der Waals surface area contributed by atoms with Crippen LogP contribution in [0.4, 0.5) is 0 Å². The van der Waals surface area contributed by atoms with Crippen molar-refractivity contribution in [3.8, 4) is 5.75 Å². The Balaban J connectivity index is 2.17. The van der Waals surface area contributed by atoms with E-state index < -0.39 is 5.97 Å². The van der Waals surface area contributed by atoms with Crippen molar-refractivity contribution in [1.82, 2.24) is 0 Å². The second-order valence-electron chi connectivity index (χ2n) is 4.02. The Morgan fingerprint density at radius 2 is 1.85 bits per heavy atom. The van der Waals surface area contributed by atoms with Crippen LogP contribution in [-0.2, 0) is 6.61 Å². The Morgan fingerprint density at radius 1 is 1.25 bits per heavy atom. The number of hydrogen-bond acceptors (Lipinski definition) is 3. The van der Waals surface area contributed by atoms with Gasteiger partial charge in [-0.25, -0.2) is 4.79 Å². The molecule has 0 radical (unpaired) electrons. The molecule has 1 aromatic carbocycles. The van der Waals surface area contributed by atoms with Crippen LogP contribution in [0.15, 0.2) is 36.0 Å². The molecule has 0 amide bonds. The van der Waals surface area contributed by atoms with Gasteiger partial charge in [0, 0.05) is 10.0 Å². The van der Waals surface area contributed by atoms with Gasteiger partial charge in [0.25, 0.3) is 0 Å². The number of aromatic carboxylic acids is 1. The van der Waals surface area contributed by atoms with E-state index in [1.807, 2.05) is 12.1 Å². The van der Waals surface area contributed by atoms with Crippen molar-refractivity contribution in [2.75, 3.05) is 0 Å². The molecule has 7 heteroatoms. The average molecular weight is 469 g/mol. The molecule has 20 heavy (non-hydrogen) atoms. The summed E-state index contributed by atoms with van der Waals surface area (Å²) in [4.78, 5) is 10.9. The Bertz CT molecular complexity index is 641. The fourth-order valence-corrected chi connectivity index (χ4v) is 4.13. The van der Waals surface area contributed by atoms with Gasteiger partial charge < -0.3 is 14.3 Å². The monoisotopic (exact) mass is 466 g/mol. The summed E-state index contributed by atoms with van der Waals surface area (Å²) in [6.07, 6.45) is 0. The number of furan rings is 1. The second-order valence-corrected chi connectivity index (χ2v) is 6.64. The third kappa shape index (κ3) is 3.45. The predicted molar refractivity (Wildman–Crippen MR) is 84.3 cm³/mol. The van der Waals surface area contributed by atoms with Crippen molar-refractivity contribution >= 4 is 53.8 Å². The molecule has 1 aromatic heterocycles. The summed E-state index contributed by atoms with van der Waals surface area (Å²) in [5, 5.41) is 8.93. The Labute approximate surface area is 140 Å². The first-order valence-electron chi connectivity index (χ1n) is 5.48. The maximum atomic E-state index is 10.9. The maximum absolute atomic E-state index is 10.9. The minimum absolute atomic E-state index is 0.0578. The fraction of sp³-hybridized carbons (Fsp3) is 0.154. The molecule has 0 atom stereocenters. The van der Waals surface area contributed by atoms with Crippen molar-refractivity contribution in [2.45, 2.75) is 13.5 Å². The lowest BCUT2D eigenvalue weighted by molar-refractivity contribution is 0.0657. The Hall–Kier alpha value is -0.790. The van der Waals surface area contributed by atoms with Crippen molar-refractivity contribution in [3.05, 3.63) is 48.7 Å². The Kier molecular flexibility index (Phi) is 4.93. The summed E-state index contributed by atoms with van der Waals surface area (Å²) in [7, 11) is 0. The van der Waals surface area contributed by atoms with Crippen LogP contribution in [0.5, 0.6) is 5.75 Å². The normalized spacial score (nSPS) is 10.6. The zero-order valence-electron chi connectivity index (χ0n) is 10.2. The van der Waals surface area contributed by atoms with Gasteiger partial charge in [-0.3, -0.25) is 0 Å². The van der Waals surface area contributed by atoms with E-state index >= 15 is 0 Å². The van der Waals surface area contributed by atoms with E-state index in [2.05, 4.69) is 47.8 Å². The largest absolute Gasteiger partial charge is 0.483 e. The number of carboxylic acids is 1. The molecule has 0 saturated carbocycles. The van der Waals surface area contributed by atoms with Crippen molar-refractivity contribution in [1.29, 1.82) is 0 Å². The van der Waals surface area contributed by atoms with E-state index in [1.165, 1.54) is 0 Å². The summed E-state index contributed by atoms with van der Waals surface area (Å²) < 4.78 is 13.4. The standard InChI is InChI=1S/C13H9Br3O4/c1-6-2-8(20-11(6)13(17)18)5-19-12-9(15)3-7(14)4-10(12)16/h2-4H,5H2,1H3,(H,17,18). The van der Waals surface area contributed by atoms with Crippen LogP contribution in [0.3, 0.4) is 0 Å². The van der Waals surface area contributed by atoms with Gasteiger partial charge in [0.1, 0.15) is 18.1 Å². The topological polar surface area (TPSA) is 59.7 Å². The van der Waals surface area contributed by atoms with Gasteiger partial charge >= 0.3 is 5.97 Å². The van der Waals surface area contributed by atoms with Gasteiger partial charge in [-0.15, -0.1) is 0 Å². The molecule has 4 nitrogen and oxygen atoms in total. The number of ether oxygens (including phenoxy) is 1. The quantitative estimate of drug-likeness (QED) is 0.674. The molecule has 0 aliphatic heterocycles. The van der Waals surface area contributed by atoms with Gasteiger partial charge in [0.15, 0.2) is 0 Å². The molecule has 2 rings (SSSR count). The highest BCUT2D eigenvalue weighted by Gasteiger charge is 2.15. The van der Waals surface area contributed by atoms with Gasteiger partial charge in [0.05, 0.1) is 8.95 Å². The highest BCUT2D eigenvalue weighted by atomic mass is 79.9. The molecule has 2 aromatic rings. The van der Waals surface area contributed by atoms with E-state index in [1.54, 1.807) is 13.0 Å². The molecule has 106 valence electrons. The first kappa shape index (κ1) is 15.6. The minimum atomic E-state index is -1.08. The highest BCUT2D eigenvalue weighted by molar-refractivity contribution is 9.11. The Morgan fingerprint density at radius 3 is 2.35 bits per heavy atom. The number of halogens is 3. The number of aryl methyl sites for hydroxylation is 1. The summed E-state index contributed by atoms with van der Waals surface area (Å²) in [5.41, 5.74) is 0.574. The maximum Gasteiger partial charge on any atom is 0.372 e.